The number of nitrogens with zero attached hydrogens (tertiary/aromatic N) is 7. The molecule has 1 saturated heterocycles. The van der Waals surface area contributed by atoms with Gasteiger partial charge in [-0.05, 0) is 6.07 Å². The minimum Gasteiger partial charge on any atom is -0.543 e. The summed E-state index contributed by atoms with van der Waals surface area (Å²) in [5.41, 5.74) is 6.39. The molecule has 2 aliphatic rings. The summed E-state index contributed by atoms with van der Waals surface area (Å²) in [7, 11) is 1.25. The first-order valence-corrected chi connectivity index (χ1v) is 11.9. The number of β-lactam (4-membered cyclic amide) rings is 1. The molecule has 0 aromatic carbocycles. The van der Waals surface area contributed by atoms with Crippen molar-refractivity contribution in [3.8, 4) is 0 Å². The van der Waals surface area contributed by atoms with Crippen LogP contribution in [-0.4, -0.2) is 71.6 Å². The standard InChI is InChI=1S/C19H17N9O5S2.2ClH/c1-33-24-11(14-23-19(20)35-25-14)15(29)22-12-16(30)28-13(18(31)32)9(8-34-17(12)28)7-26-5-6-27-10(26)3-2-4-21-27;;/h2-6,12,17H,7-8H2,1H3,(H3-,20,22,23,25,29,31,32);2*1H/b24-11-;;/t12-,17-;;/m1../s1. The van der Waals surface area contributed by atoms with Gasteiger partial charge in [-0.3, -0.25) is 14.5 Å². The van der Waals surface area contributed by atoms with Gasteiger partial charge < -0.3 is 25.8 Å². The predicted molar refractivity (Wildman–Crippen MR) is 135 cm³/mol. The van der Waals surface area contributed by atoms with Crippen LogP contribution in [0.2, 0.25) is 0 Å². The summed E-state index contributed by atoms with van der Waals surface area (Å²) in [6, 6.07) is 2.64. The molecule has 0 unspecified atom stereocenters. The van der Waals surface area contributed by atoms with Crippen molar-refractivity contribution in [2.24, 2.45) is 5.16 Å². The normalized spacial score (nSPS) is 18.9. The molecular formula is C19H19Cl2N9O5S2. The van der Waals surface area contributed by atoms with Gasteiger partial charge in [0.15, 0.2) is 11.3 Å². The molecule has 2 amide bonds. The molecule has 14 nitrogen and oxygen atoms in total. The molecule has 5 rings (SSSR count). The number of anilines is 1. The number of nitrogens with two attached hydrogens (primary N) is 1. The molecule has 5 heterocycles. The second-order valence-corrected chi connectivity index (χ2v) is 9.32. The molecule has 196 valence electrons. The van der Waals surface area contributed by atoms with E-state index in [4.69, 9.17) is 10.6 Å². The average molecular weight is 588 g/mol. The number of halogens is 2. The van der Waals surface area contributed by atoms with E-state index in [9.17, 15) is 19.5 Å². The van der Waals surface area contributed by atoms with Crippen LogP contribution in [0.1, 0.15) is 5.82 Å². The molecule has 3 N–H and O–H groups in total. The van der Waals surface area contributed by atoms with Crippen LogP contribution in [0.4, 0.5) is 5.13 Å². The number of carbonyl (C=O) groups is 3. The summed E-state index contributed by atoms with van der Waals surface area (Å²) in [4.78, 5) is 47.6. The molecule has 0 bridgehead atoms. The highest BCUT2D eigenvalue weighted by molar-refractivity contribution is 8.00. The molecule has 2 aliphatic heterocycles. The van der Waals surface area contributed by atoms with E-state index < -0.39 is 29.2 Å². The topological polar surface area (TPSA) is 184 Å². The first-order valence-electron chi connectivity index (χ1n) is 10.1. The first kappa shape index (κ1) is 28.1. The van der Waals surface area contributed by atoms with E-state index in [-0.39, 0.29) is 53.7 Å². The summed E-state index contributed by atoms with van der Waals surface area (Å²) in [6.07, 6.45) is 5.16. The molecule has 3 aromatic rings. The Morgan fingerprint density at radius 1 is 1.41 bits per heavy atom. The van der Waals surface area contributed by atoms with Gasteiger partial charge >= 0.3 is 5.65 Å². The Kier molecular flexibility index (Phi) is 8.57. The average Bonchev–Trinajstić information content (AvgIpc) is 3.46. The molecule has 1 fully saturated rings. The second kappa shape index (κ2) is 11.3. The third-order valence-corrected chi connectivity index (χ3v) is 7.26. The van der Waals surface area contributed by atoms with Crippen LogP contribution in [-0.2, 0) is 25.8 Å². The molecule has 0 saturated carbocycles. The number of nitrogens with one attached hydrogen (secondary N) is 1. The van der Waals surface area contributed by atoms with Crippen molar-refractivity contribution in [3.63, 3.8) is 0 Å². The van der Waals surface area contributed by atoms with E-state index in [0.717, 1.165) is 22.1 Å². The molecule has 0 spiro atoms. The summed E-state index contributed by atoms with van der Waals surface area (Å²) in [5, 5.41) is 22.0. The molecule has 18 heteroatoms. The van der Waals surface area contributed by atoms with E-state index in [1.165, 1.54) is 18.9 Å². The maximum Gasteiger partial charge on any atom is 0.307 e. The van der Waals surface area contributed by atoms with Gasteiger partial charge in [0, 0.05) is 28.9 Å². The minimum absolute atomic E-state index is 0. The van der Waals surface area contributed by atoms with E-state index in [1.54, 1.807) is 29.2 Å². The third kappa shape index (κ3) is 5.04. The van der Waals surface area contributed by atoms with Gasteiger partial charge in [-0.1, -0.05) is 10.3 Å². The quantitative estimate of drug-likeness (QED) is 0.140. The molecule has 0 aliphatic carbocycles. The van der Waals surface area contributed by atoms with Crippen LogP contribution in [0.5, 0.6) is 0 Å². The number of imidazole rings is 1. The predicted octanol–water partition coefficient (Wildman–Crippen LogP) is -1.65. The Morgan fingerprint density at radius 2 is 2.19 bits per heavy atom. The van der Waals surface area contributed by atoms with Crippen LogP contribution in [0.15, 0.2) is 47.1 Å². The van der Waals surface area contributed by atoms with Crippen LogP contribution in [0.25, 0.3) is 5.65 Å². The van der Waals surface area contributed by atoms with Crippen molar-refractivity contribution in [1.82, 2.24) is 29.2 Å². The largest absolute Gasteiger partial charge is 0.543 e. The number of thioether (sulfide) groups is 1. The number of amides is 2. The maximum atomic E-state index is 13.0. The fraction of sp³-hybridized carbons (Fsp3) is 0.263. The Hall–Kier alpha value is -3.47. The van der Waals surface area contributed by atoms with Crippen molar-refractivity contribution in [2.45, 2.75) is 18.0 Å². The number of rotatable bonds is 7. The van der Waals surface area contributed by atoms with Crippen molar-refractivity contribution < 1.29 is 28.9 Å². The monoisotopic (exact) mass is 587 g/mol. The molecule has 37 heavy (non-hydrogen) atoms. The van der Waals surface area contributed by atoms with E-state index in [0.29, 0.717) is 11.3 Å². The van der Waals surface area contributed by atoms with E-state index >= 15 is 0 Å². The fourth-order valence-electron chi connectivity index (χ4n) is 3.89. The zero-order valence-corrected chi connectivity index (χ0v) is 22.1. The fourth-order valence-corrected chi connectivity index (χ4v) is 5.66. The van der Waals surface area contributed by atoms with Gasteiger partial charge in [0.2, 0.25) is 11.5 Å². The van der Waals surface area contributed by atoms with Crippen molar-refractivity contribution in [1.29, 1.82) is 0 Å². The smallest absolute Gasteiger partial charge is 0.307 e. The molecular weight excluding hydrogens is 569 g/mol. The van der Waals surface area contributed by atoms with Crippen molar-refractivity contribution >= 4 is 82.4 Å². The van der Waals surface area contributed by atoms with Gasteiger partial charge in [0.05, 0.1) is 17.9 Å². The number of carbonyl (C=O) groups excluding carboxylic acids is 3. The van der Waals surface area contributed by atoms with Gasteiger partial charge in [-0.15, -0.1) is 41.1 Å². The molecule has 3 aromatic heterocycles. The first-order chi connectivity index (χ1) is 16.9. The number of aliphatic carboxylic acids is 1. The highest BCUT2D eigenvalue weighted by atomic mass is 35.5. The van der Waals surface area contributed by atoms with Crippen molar-refractivity contribution in [3.05, 3.63) is 47.8 Å². The zero-order chi connectivity index (χ0) is 24.7. The van der Waals surface area contributed by atoms with Gasteiger partial charge in [0.1, 0.15) is 31.3 Å². The number of fused-ring (bicyclic) bond motifs is 2. The lowest BCUT2D eigenvalue weighted by Gasteiger charge is -2.50. The van der Waals surface area contributed by atoms with Crippen LogP contribution in [0, 0.1) is 0 Å². The van der Waals surface area contributed by atoms with Crippen LogP contribution in [0.3, 0.4) is 0 Å². The Bertz CT molecular complexity index is 1430. The lowest BCUT2D eigenvalue weighted by Crippen LogP contribution is -2.71. The Labute approximate surface area is 229 Å². The van der Waals surface area contributed by atoms with Gasteiger partial charge in [-0.2, -0.15) is 9.36 Å². The van der Waals surface area contributed by atoms with E-state index in [2.05, 4.69) is 24.9 Å². The highest BCUT2D eigenvalue weighted by Crippen LogP contribution is 2.40. The van der Waals surface area contributed by atoms with Gasteiger partial charge in [-0.25, -0.2) is 4.57 Å². The lowest BCUT2D eigenvalue weighted by molar-refractivity contribution is -0.662. The molecule has 2 atom stereocenters. The number of hydrogen-bond donors (Lipinski definition) is 2. The third-order valence-electron chi connectivity index (χ3n) is 5.38. The Morgan fingerprint density at radius 3 is 2.86 bits per heavy atom. The summed E-state index contributed by atoms with van der Waals surface area (Å²) in [6.45, 7) is 0.230. The van der Waals surface area contributed by atoms with Crippen LogP contribution >= 0.6 is 48.1 Å². The summed E-state index contributed by atoms with van der Waals surface area (Å²) in [5.74, 6) is -2.53. The maximum absolute atomic E-state index is 13.0. The number of oxime groups is 1. The van der Waals surface area contributed by atoms with Gasteiger partial charge in [0.25, 0.3) is 11.8 Å². The zero-order valence-electron chi connectivity index (χ0n) is 18.8. The van der Waals surface area contributed by atoms with Crippen LogP contribution < -0.4 is 20.7 Å². The summed E-state index contributed by atoms with van der Waals surface area (Å²) >= 11 is 2.21. The molecule has 0 radical (unpaired) electrons. The number of hydrogen-bond acceptors (Lipinski definition) is 12. The Balaban J connectivity index is 0.00000190. The second-order valence-electron chi connectivity index (χ2n) is 7.43. The SMILES string of the molecule is CO/N=C(\C(=O)N[C@@H]1C(=O)N2C(C(=O)[O-])=C(C[n+]3ccn4ncccc43)CS[C@H]12)c1nsc(N)n1.Cl.Cl. The van der Waals surface area contributed by atoms with Crippen molar-refractivity contribution in [2.75, 3.05) is 18.6 Å². The summed E-state index contributed by atoms with van der Waals surface area (Å²) < 4.78 is 7.43. The number of carboxylic acids is 1. The number of nitrogen functional groups attached to an aromatic ring is 1. The van der Waals surface area contributed by atoms with E-state index in [1.807, 2.05) is 10.6 Å². The number of carboxylic acid groups (broad SMARTS) is 1. The lowest BCUT2D eigenvalue weighted by atomic mass is 10.0. The minimum atomic E-state index is -1.46. The number of aromatic nitrogens is 5. The highest BCUT2D eigenvalue weighted by Gasteiger charge is 2.53.